The minimum Gasteiger partial charge on any atom is -0.476 e. The predicted octanol–water partition coefficient (Wildman–Crippen LogP) is 3.25. The number of nitrogens with one attached hydrogen (secondary N) is 2. The van der Waals surface area contributed by atoms with Crippen LogP contribution in [0.3, 0.4) is 0 Å². The Morgan fingerprint density at radius 3 is 2.33 bits per heavy atom. The number of carbonyl (C=O) groups is 1. The van der Waals surface area contributed by atoms with Gasteiger partial charge in [0.15, 0.2) is 5.70 Å². The maximum absolute atomic E-state index is 11.2. The minimum atomic E-state index is -1.12. The summed E-state index contributed by atoms with van der Waals surface area (Å²) in [5.41, 5.74) is 7.17. The molecule has 1 heterocycles. The number of hydrogen-bond acceptors (Lipinski definition) is 5. The number of carboxylic acids is 1. The van der Waals surface area contributed by atoms with E-state index in [0.717, 1.165) is 11.1 Å². The van der Waals surface area contributed by atoms with Crippen LogP contribution >= 0.6 is 23.2 Å². The molecule has 8 heteroatoms. The van der Waals surface area contributed by atoms with E-state index in [2.05, 4.69) is 10.9 Å². The zero-order chi connectivity index (χ0) is 17.3. The van der Waals surface area contributed by atoms with Crippen molar-refractivity contribution in [2.45, 2.75) is 0 Å². The Kier molecular flexibility index (Phi) is 4.53. The zero-order valence-corrected chi connectivity index (χ0v) is 14.0. The first-order valence-corrected chi connectivity index (χ1v) is 7.67. The summed E-state index contributed by atoms with van der Waals surface area (Å²) < 4.78 is 5.59. The molecule has 3 N–H and O–H groups in total. The zero-order valence-electron chi connectivity index (χ0n) is 12.5. The lowest BCUT2D eigenvalue weighted by atomic mass is 10.1. The number of benzene rings is 2. The maximum atomic E-state index is 11.2. The van der Waals surface area contributed by atoms with Gasteiger partial charge in [-0.2, -0.15) is 0 Å². The first-order valence-electron chi connectivity index (χ1n) is 6.92. The van der Waals surface area contributed by atoms with E-state index in [4.69, 9.17) is 33.0 Å². The molecule has 2 aromatic carbocycles. The fourth-order valence-corrected chi connectivity index (χ4v) is 2.48. The highest BCUT2D eigenvalue weighted by Crippen LogP contribution is 2.29. The Labute approximate surface area is 148 Å². The van der Waals surface area contributed by atoms with Gasteiger partial charge in [0.1, 0.15) is 5.75 Å². The molecule has 0 radical (unpaired) electrons. The molecule has 0 fully saturated rings. The second-order valence-corrected chi connectivity index (χ2v) is 5.86. The van der Waals surface area contributed by atoms with Crippen molar-refractivity contribution in [3.8, 4) is 16.9 Å². The van der Waals surface area contributed by atoms with Crippen LogP contribution in [0.1, 0.15) is 0 Å². The van der Waals surface area contributed by atoms with Gasteiger partial charge in [-0.05, 0) is 35.4 Å². The molecule has 1 aliphatic rings. The predicted molar refractivity (Wildman–Crippen MR) is 91.2 cm³/mol. The molecule has 0 saturated carbocycles. The van der Waals surface area contributed by atoms with Crippen LogP contribution in [0.2, 0.25) is 10.0 Å². The topological polar surface area (TPSA) is 73.8 Å². The Bertz CT molecular complexity index is 822. The number of hydrogen-bond donors (Lipinski definition) is 3. The van der Waals surface area contributed by atoms with Crippen molar-refractivity contribution in [2.24, 2.45) is 0 Å². The van der Waals surface area contributed by atoms with E-state index in [0.29, 0.717) is 15.8 Å². The summed E-state index contributed by atoms with van der Waals surface area (Å²) in [5.74, 6) is -0.501. The number of carboxylic acid groups (broad SMARTS) is 1. The van der Waals surface area contributed by atoms with Crippen LogP contribution in [-0.4, -0.2) is 23.2 Å². The SMILES string of the molecule is CN1NC(Oc2ccc(-c3ccc(Cl)c(Cl)c3)cc2)=C(C(=O)O)N1. The average molecular weight is 366 g/mol. The van der Waals surface area contributed by atoms with E-state index in [-0.39, 0.29) is 11.6 Å². The summed E-state index contributed by atoms with van der Waals surface area (Å²) in [6.07, 6.45) is 0. The van der Waals surface area contributed by atoms with Crippen LogP contribution < -0.4 is 15.6 Å². The van der Waals surface area contributed by atoms with Crippen LogP contribution in [0.25, 0.3) is 11.1 Å². The molecular formula is C16H13Cl2N3O3. The van der Waals surface area contributed by atoms with Crippen molar-refractivity contribution in [1.82, 2.24) is 16.0 Å². The molecule has 0 saturated heterocycles. The Morgan fingerprint density at radius 1 is 1.04 bits per heavy atom. The standard InChI is InChI=1S/C16H13Cl2N3O3/c1-21-19-14(16(22)23)15(20-21)24-11-5-2-9(3-6-11)10-4-7-12(17)13(18)8-10/h2-8,19-20H,1H3,(H,22,23). The summed E-state index contributed by atoms with van der Waals surface area (Å²) in [5, 5.41) is 11.5. The number of nitrogens with zero attached hydrogens (tertiary/aromatic N) is 1. The highest BCUT2D eigenvalue weighted by atomic mass is 35.5. The normalized spacial score (nSPS) is 14.3. The first-order chi connectivity index (χ1) is 11.4. The number of hydrazine groups is 2. The van der Waals surface area contributed by atoms with Crippen molar-refractivity contribution >= 4 is 29.2 Å². The van der Waals surface area contributed by atoms with E-state index in [1.54, 1.807) is 31.3 Å². The molecule has 0 unspecified atom stereocenters. The van der Waals surface area contributed by atoms with E-state index in [1.807, 2.05) is 18.2 Å². The van der Waals surface area contributed by atoms with Gasteiger partial charge in [-0.1, -0.05) is 41.4 Å². The van der Waals surface area contributed by atoms with Crippen LogP contribution in [0.4, 0.5) is 0 Å². The summed E-state index contributed by atoms with van der Waals surface area (Å²) >= 11 is 11.9. The van der Waals surface area contributed by atoms with Gasteiger partial charge in [0.2, 0.25) is 5.88 Å². The van der Waals surface area contributed by atoms with E-state index in [1.165, 1.54) is 5.12 Å². The monoisotopic (exact) mass is 365 g/mol. The molecule has 0 aromatic heterocycles. The van der Waals surface area contributed by atoms with E-state index in [9.17, 15) is 4.79 Å². The van der Waals surface area contributed by atoms with Gasteiger partial charge in [0.05, 0.1) is 10.0 Å². The molecular weight excluding hydrogens is 353 g/mol. The highest BCUT2D eigenvalue weighted by Gasteiger charge is 2.25. The third kappa shape index (κ3) is 3.41. The molecule has 0 bridgehead atoms. The molecule has 0 atom stereocenters. The van der Waals surface area contributed by atoms with Crippen LogP contribution in [0.5, 0.6) is 5.75 Å². The van der Waals surface area contributed by atoms with E-state index < -0.39 is 5.97 Å². The lowest BCUT2D eigenvalue weighted by Gasteiger charge is -2.11. The van der Waals surface area contributed by atoms with Gasteiger partial charge in [-0.3, -0.25) is 10.9 Å². The fourth-order valence-electron chi connectivity index (χ4n) is 2.18. The van der Waals surface area contributed by atoms with Gasteiger partial charge < -0.3 is 9.84 Å². The third-order valence-corrected chi connectivity index (χ3v) is 4.06. The Balaban J connectivity index is 1.81. The van der Waals surface area contributed by atoms with Crippen molar-refractivity contribution in [2.75, 3.05) is 7.05 Å². The van der Waals surface area contributed by atoms with Gasteiger partial charge in [-0.25, -0.2) is 4.79 Å². The van der Waals surface area contributed by atoms with Crippen LogP contribution in [-0.2, 0) is 4.79 Å². The fraction of sp³-hybridized carbons (Fsp3) is 0.0625. The quantitative estimate of drug-likeness (QED) is 0.772. The largest absolute Gasteiger partial charge is 0.476 e. The second-order valence-electron chi connectivity index (χ2n) is 5.05. The number of ether oxygens (including phenoxy) is 1. The third-order valence-electron chi connectivity index (χ3n) is 3.32. The van der Waals surface area contributed by atoms with Crippen LogP contribution in [0.15, 0.2) is 54.0 Å². The van der Waals surface area contributed by atoms with Crippen molar-refractivity contribution in [3.63, 3.8) is 0 Å². The molecule has 0 amide bonds. The van der Waals surface area contributed by atoms with Crippen molar-refractivity contribution < 1.29 is 14.6 Å². The van der Waals surface area contributed by atoms with Gasteiger partial charge in [0, 0.05) is 7.05 Å². The molecule has 0 aliphatic carbocycles. The molecule has 0 spiro atoms. The summed E-state index contributed by atoms with van der Waals surface area (Å²) in [6, 6.07) is 12.6. The Morgan fingerprint density at radius 2 is 1.71 bits per heavy atom. The molecule has 3 rings (SSSR count). The Hall–Kier alpha value is -2.41. The average Bonchev–Trinajstić information content (AvgIpc) is 2.92. The highest BCUT2D eigenvalue weighted by molar-refractivity contribution is 6.42. The number of aliphatic carboxylic acids is 1. The van der Waals surface area contributed by atoms with Gasteiger partial charge in [-0.15, -0.1) is 5.12 Å². The van der Waals surface area contributed by atoms with Gasteiger partial charge in [0.25, 0.3) is 0 Å². The molecule has 1 aliphatic heterocycles. The molecule has 2 aromatic rings. The van der Waals surface area contributed by atoms with Crippen molar-refractivity contribution in [3.05, 3.63) is 64.1 Å². The second kappa shape index (κ2) is 6.60. The minimum absolute atomic E-state index is 0.0638. The summed E-state index contributed by atoms with van der Waals surface area (Å²) in [4.78, 5) is 11.2. The molecule has 124 valence electrons. The lowest BCUT2D eigenvalue weighted by Crippen LogP contribution is -2.37. The summed E-state index contributed by atoms with van der Waals surface area (Å²) in [6.45, 7) is 0. The van der Waals surface area contributed by atoms with Crippen molar-refractivity contribution in [1.29, 1.82) is 0 Å². The first kappa shape index (κ1) is 16.4. The van der Waals surface area contributed by atoms with Crippen LogP contribution in [0, 0.1) is 0 Å². The smallest absolute Gasteiger partial charge is 0.359 e. The maximum Gasteiger partial charge on any atom is 0.359 e. The number of rotatable bonds is 4. The van der Waals surface area contributed by atoms with Gasteiger partial charge >= 0.3 is 5.97 Å². The number of halogens is 2. The lowest BCUT2D eigenvalue weighted by molar-refractivity contribution is -0.133. The molecule has 24 heavy (non-hydrogen) atoms. The van der Waals surface area contributed by atoms with E-state index >= 15 is 0 Å². The molecule has 6 nitrogen and oxygen atoms in total. The summed E-state index contributed by atoms with van der Waals surface area (Å²) in [7, 11) is 1.63.